The summed E-state index contributed by atoms with van der Waals surface area (Å²) in [6.45, 7) is 0.788. The van der Waals surface area contributed by atoms with Gasteiger partial charge < -0.3 is 5.32 Å². The highest BCUT2D eigenvalue weighted by atomic mass is 32.1. The molecule has 0 aliphatic heterocycles. The fourth-order valence-corrected chi connectivity index (χ4v) is 2.81. The first-order valence-corrected chi connectivity index (χ1v) is 6.54. The van der Waals surface area contributed by atoms with Crippen molar-refractivity contribution in [3.05, 3.63) is 22.4 Å². The molecule has 1 heterocycles. The van der Waals surface area contributed by atoms with Crippen LogP contribution in [0.3, 0.4) is 0 Å². The Kier molecular flexibility index (Phi) is 3.78. The van der Waals surface area contributed by atoms with E-state index in [4.69, 9.17) is 0 Å². The number of nitrogens with one attached hydrogen (secondary N) is 1. The summed E-state index contributed by atoms with van der Waals surface area (Å²) in [5.41, 5.74) is 0. The fraction of sp³-hybridized carbons (Fsp3) is 0.583. The summed E-state index contributed by atoms with van der Waals surface area (Å²) in [7, 11) is 0. The van der Waals surface area contributed by atoms with Crippen molar-refractivity contribution in [1.82, 2.24) is 5.32 Å². The van der Waals surface area contributed by atoms with E-state index in [2.05, 4.69) is 22.8 Å². The summed E-state index contributed by atoms with van der Waals surface area (Å²) in [6.07, 6.45) is 5.60. The second kappa shape index (κ2) is 5.31. The topological polar surface area (TPSA) is 29.1 Å². The van der Waals surface area contributed by atoms with Crippen molar-refractivity contribution in [2.45, 2.75) is 32.1 Å². The van der Waals surface area contributed by atoms with Crippen molar-refractivity contribution < 1.29 is 4.79 Å². The van der Waals surface area contributed by atoms with Crippen molar-refractivity contribution in [3.63, 3.8) is 0 Å². The Morgan fingerprint density at radius 2 is 2.27 bits per heavy atom. The van der Waals surface area contributed by atoms with Gasteiger partial charge >= 0.3 is 0 Å². The van der Waals surface area contributed by atoms with Gasteiger partial charge in [-0.15, -0.1) is 11.3 Å². The first-order valence-electron chi connectivity index (χ1n) is 5.66. The average molecular weight is 223 g/mol. The van der Waals surface area contributed by atoms with Crippen molar-refractivity contribution in [3.8, 4) is 0 Å². The average Bonchev–Trinajstić information content (AvgIpc) is 2.90. The van der Waals surface area contributed by atoms with Crippen LogP contribution in [0.5, 0.6) is 0 Å². The largest absolute Gasteiger partial charge is 0.356 e. The first-order chi connectivity index (χ1) is 7.36. The summed E-state index contributed by atoms with van der Waals surface area (Å²) in [5.74, 6) is 0.567. The number of hydrogen-bond acceptors (Lipinski definition) is 2. The summed E-state index contributed by atoms with van der Waals surface area (Å²) < 4.78 is 0. The molecule has 1 fully saturated rings. The molecule has 1 saturated carbocycles. The molecule has 1 aliphatic carbocycles. The first kappa shape index (κ1) is 10.7. The molecule has 0 spiro atoms. The monoisotopic (exact) mass is 223 g/mol. The molecule has 1 N–H and O–H groups in total. The van der Waals surface area contributed by atoms with Gasteiger partial charge in [-0.2, -0.15) is 0 Å². The number of rotatable bonds is 4. The normalized spacial score (nSPS) is 16.8. The quantitative estimate of drug-likeness (QED) is 0.835. The maximum absolute atomic E-state index is 11.7. The molecule has 0 bridgehead atoms. The van der Waals surface area contributed by atoms with E-state index in [1.54, 1.807) is 11.3 Å². The van der Waals surface area contributed by atoms with Gasteiger partial charge in [-0.3, -0.25) is 4.79 Å². The van der Waals surface area contributed by atoms with Crippen molar-refractivity contribution in [2.24, 2.45) is 5.92 Å². The standard InChI is InChI=1S/C12H17NOS/c14-12(10-4-1-2-5-10)13-8-7-11-6-3-9-15-11/h3,6,9-10H,1-2,4-5,7-8H2,(H,13,14). The fourth-order valence-electron chi connectivity index (χ4n) is 2.10. The van der Waals surface area contributed by atoms with Crippen LogP contribution in [0, 0.1) is 5.92 Å². The van der Waals surface area contributed by atoms with Gasteiger partial charge in [0.25, 0.3) is 0 Å². The molecule has 2 nitrogen and oxygen atoms in total. The molecular formula is C12H17NOS. The van der Waals surface area contributed by atoms with Gasteiger partial charge in [0.2, 0.25) is 5.91 Å². The summed E-state index contributed by atoms with van der Waals surface area (Å²) in [6, 6.07) is 4.17. The van der Waals surface area contributed by atoms with E-state index >= 15 is 0 Å². The number of amides is 1. The summed E-state index contributed by atoms with van der Waals surface area (Å²) in [5, 5.41) is 5.11. The van der Waals surface area contributed by atoms with Crippen molar-refractivity contribution in [1.29, 1.82) is 0 Å². The van der Waals surface area contributed by atoms with E-state index < -0.39 is 0 Å². The minimum atomic E-state index is 0.268. The predicted octanol–water partition coefficient (Wildman–Crippen LogP) is 2.60. The molecule has 3 heteroatoms. The predicted molar refractivity (Wildman–Crippen MR) is 63.0 cm³/mol. The Morgan fingerprint density at radius 1 is 1.47 bits per heavy atom. The third-order valence-electron chi connectivity index (χ3n) is 2.98. The smallest absolute Gasteiger partial charge is 0.223 e. The molecule has 82 valence electrons. The van der Waals surface area contributed by atoms with Crippen LogP contribution in [0.1, 0.15) is 30.6 Å². The van der Waals surface area contributed by atoms with Crippen LogP contribution in [-0.4, -0.2) is 12.5 Å². The molecular weight excluding hydrogens is 206 g/mol. The van der Waals surface area contributed by atoms with Gasteiger partial charge in [-0.05, 0) is 30.7 Å². The van der Waals surface area contributed by atoms with Crippen LogP contribution in [0.25, 0.3) is 0 Å². The summed E-state index contributed by atoms with van der Waals surface area (Å²) >= 11 is 1.76. The van der Waals surface area contributed by atoms with Crippen LogP contribution >= 0.6 is 11.3 Å². The van der Waals surface area contributed by atoms with Crippen LogP contribution in [0.4, 0.5) is 0 Å². The molecule has 1 aromatic rings. The number of carbonyl (C=O) groups excluding carboxylic acids is 1. The summed E-state index contributed by atoms with van der Waals surface area (Å²) in [4.78, 5) is 13.0. The molecule has 15 heavy (non-hydrogen) atoms. The highest BCUT2D eigenvalue weighted by Gasteiger charge is 2.21. The third kappa shape index (κ3) is 3.06. The van der Waals surface area contributed by atoms with E-state index in [0.717, 1.165) is 25.8 Å². The molecule has 0 radical (unpaired) electrons. The second-order valence-electron chi connectivity index (χ2n) is 4.10. The lowest BCUT2D eigenvalue weighted by Crippen LogP contribution is -2.30. The van der Waals surface area contributed by atoms with Crippen LogP contribution < -0.4 is 5.32 Å². The highest BCUT2D eigenvalue weighted by molar-refractivity contribution is 7.09. The van der Waals surface area contributed by atoms with E-state index in [0.29, 0.717) is 5.92 Å². The third-order valence-corrected chi connectivity index (χ3v) is 3.91. The van der Waals surface area contributed by atoms with E-state index in [1.165, 1.54) is 17.7 Å². The van der Waals surface area contributed by atoms with Gasteiger partial charge in [-0.1, -0.05) is 18.9 Å². The molecule has 1 aliphatic rings. The van der Waals surface area contributed by atoms with E-state index in [-0.39, 0.29) is 5.91 Å². The maximum Gasteiger partial charge on any atom is 0.223 e. The van der Waals surface area contributed by atoms with Crippen LogP contribution in [0.2, 0.25) is 0 Å². The molecule has 0 saturated heterocycles. The lowest BCUT2D eigenvalue weighted by atomic mass is 10.1. The Hall–Kier alpha value is -0.830. The van der Waals surface area contributed by atoms with Crippen molar-refractivity contribution >= 4 is 17.2 Å². The minimum absolute atomic E-state index is 0.268. The van der Waals surface area contributed by atoms with Crippen LogP contribution in [-0.2, 0) is 11.2 Å². The number of carbonyl (C=O) groups is 1. The molecule has 0 unspecified atom stereocenters. The lowest BCUT2D eigenvalue weighted by Gasteiger charge is -2.09. The van der Waals surface area contributed by atoms with Gasteiger partial charge in [0.1, 0.15) is 0 Å². The van der Waals surface area contributed by atoms with Gasteiger partial charge in [-0.25, -0.2) is 0 Å². The van der Waals surface area contributed by atoms with Gasteiger partial charge in [0.05, 0.1) is 0 Å². The zero-order chi connectivity index (χ0) is 10.5. The Bertz CT molecular complexity index is 301. The van der Waals surface area contributed by atoms with Gasteiger partial charge in [0, 0.05) is 17.3 Å². The number of hydrogen-bond donors (Lipinski definition) is 1. The molecule has 2 rings (SSSR count). The highest BCUT2D eigenvalue weighted by Crippen LogP contribution is 2.24. The van der Waals surface area contributed by atoms with Gasteiger partial charge in [0.15, 0.2) is 0 Å². The minimum Gasteiger partial charge on any atom is -0.356 e. The maximum atomic E-state index is 11.7. The zero-order valence-corrected chi connectivity index (χ0v) is 9.69. The molecule has 0 atom stereocenters. The molecule has 1 aromatic heterocycles. The Labute approximate surface area is 94.7 Å². The van der Waals surface area contributed by atoms with Crippen molar-refractivity contribution in [2.75, 3.05) is 6.54 Å². The molecule has 1 amide bonds. The SMILES string of the molecule is O=C(NCCc1cccs1)C1CCCC1. The Balaban J connectivity index is 1.67. The van der Waals surface area contributed by atoms with E-state index in [9.17, 15) is 4.79 Å². The van der Waals surface area contributed by atoms with Crippen LogP contribution in [0.15, 0.2) is 17.5 Å². The van der Waals surface area contributed by atoms with E-state index in [1.807, 2.05) is 0 Å². The molecule has 0 aromatic carbocycles. The second-order valence-corrected chi connectivity index (χ2v) is 5.13. The lowest BCUT2D eigenvalue weighted by molar-refractivity contribution is -0.124. The zero-order valence-electron chi connectivity index (χ0n) is 8.87. The Morgan fingerprint density at radius 3 is 2.93 bits per heavy atom. The number of thiophene rings is 1.